The van der Waals surface area contributed by atoms with Crippen LogP contribution < -0.4 is 15.4 Å². The van der Waals surface area contributed by atoms with E-state index in [1.54, 1.807) is 13.1 Å². The van der Waals surface area contributed by atoms with Gasteiger partial charge in [-0.2, -0.15) is 0 Å². The Balaban J connectivity index is 1.58. The van der Waals surface area contributed by atoms with Crippen molar-refractivity contribution >= 4 is 40.6 Å². The van der Waals surface area contributed by atoms with E-state index in [1.165, 1.54) is 48.1 Å². The number of methoxy groups -OCH3 is 1. The molecule has 0 bridgehead atoms. The van der Waals surface area contributed by atoms with Gasteiger partial charge < -0.3 is 19.9 Å². The summed E-state index contributed by atoms with van der Waals surface area (Å²) in [6.07, 6.45) is -0.150. The smallest absolute Gasteiger partial charge is 0.296 e. The summed E-state index contributed by atoms with van der Waals surface area (Å²) in [5.74, 6) is -1.01. The second-order valence-corrected chi connectivity index (χ2v) is 7.58. The molecular weight excluding hydrogens is 455 g/mol. The molecule has 1 heterocycles. The Morgan fingerprint density at radius 1 is 1.15 bits per heavy atom. The van der Waals surface area contributed by atoms with Crippen molar-refractivity contribution in [1.29, 1.82) is 0 Å². The average Bonchev–Trinajstić information content (AvgIpc) is 3.13. The van der Waals surface area contributed by atoms with Crippen LogP contribution in [0.5, 0.6) is 5.75 Å². The van der Waals surface area contributed by atoms with Gasteiger partial charge in [-0.1, -0.05) is 23.9 Å². The normalized spacial score (nSPS) is 10.5. The van der Waals surface area contributed by atoms with Crippen LogP contribution in [0.25, 0.3) is 0 Å². The fraction of sp³-hybridized carbons (Fsp3) is 0.200. The summed E-state index contributed by atoms with van der Waals surface area (Å²) >= 11 is 1.04. The minimum atomic E-state index is -0.618. The minimum Gasteiger partial charge on any atom is -0.496 e. The molecule has 0 saturated heterocycles. The topological polar surface area (TPSA) is 141 Å². The largest absolute Gasteiger partial charge is 0.496 e. The molecule has 0 spiro atoms. The lowest BCUT2D eigenvalue weighted by molar-refractivity contribution is -0.384. The van der Waals surface area contributed by atoms with Gasteiger partial charge in [-0.15, -0.1) is 10.2 Å². The van der Waals surface area contributed by atoms with E-state index >= 15 is 0 Å². The number of carbonyl (C=O) groups is 2. The molecule has 33 heavy (non-hydrogen) atoms. The average molecular weight is 474 g/mol. The van der Waals surface area contributed by atoms with Gasteiger partial charge in [0.2, 0.25) is 11.8 Å². The van der Waals surface area contributed by atoms with Crippen LogP contribution >= 0.6 is 11.8 Å². The number of nitrogens with one attached hydrogen (secondary N) is 2. The molecule has 0 radical (unpaired) electrons. The van der Waals surface area contributed by atoms with E-state index in [0.717, 1.165) is 11.8 Å². The van der Waals surface area contributed by atoms with Gasteiger partial charge in [-0.05, 0) is 24.3 Å². The molecule has 0 aliphatic rings. The molecule has 0 fully saturated rings. The molecule has 0 atom stereocenters. The Labute approximate surface area is 191 Å². The fourth-order valence-corrected chi connectivity index (χ4v) is 3.47. The number of amides is 2. The number of anilines is 2. The molecule has 13 heteroatoms. The van der Waals surface area contributed by atoms with E-state index in [1.807, 2.05) is 0 Å². The molecule has 3 rings (SSSR count). The predicted octanol–water partition coefficient (Wildman–Crippen LogP) is 2.78. The highest BCUT2D eigenvalue weighted by Gasteiger charge is 2.19. The molecule has 172 valence electrons. The van der Waals surface area contributed by atoms with Gasteiger partial charge >= 0.3 is 0 Å². The van der Waals surface area contributed by atoms with Crippen molar-refractivity contribution in [3.05, 3.63) is 64.2 Å². The monoisotopic (exact) mass is 474 g/mol. The molecule has 0 aliphatic heterocycles. The lowest BCUT2D eigenvalue weighted by atomic mass is 10.2. The molecule has 2 amide bonds. The van der Waals surface area contributed by atoms with E-state index in [2.05, 4.69) is 20.8 Å². The Bertz CT molecular complexity index is 1200. The van der Waals surface area contributed by atoms with Gasteiger partial charge in [-0.3, -0.25) is 19.7 Å². The van der Waals surface area contributed by atoms with Gasteiger partial charge in [-0.25, -0.2) is 4.39 Å². The van der Waals surface area contributed by atoms with Gasteiger partial charge in [0.15, 0.2) is 5.16 Å². The third-order valence-electron chi connectivity index (χ3n) is 4.40. The Kier molecular flexibility index (Phi) is 7.56. The SMILES string of the molecule is COc1ccc(NC(=O)CSc2nnc(CC(=O)Nc3ccccc3F)n2C)c([N+](=O)[O-])c1. The molecule has 11 nitrogen and oxygen atoms in total. The first-order valence-electron chi connectivity index (χ1n) is 9.46. The summed E-state index contributed by atoms with van der Waals surface area (Å²) in [6, 6.07) is 9.88. The Morgan fingerprint density at radius 3 is 2.58 bits per heavy atom. The van der Waals surface area contributed by atoms with Crippen molar-refractivity contribution in [1.82, 2.24) is 14.8 Å². The number of hydrogen-bond acceptors (Lipinski definition) is 8. The lowest BCUT2D eigenvalue weighted by Gasteiger charge is -2.08. The summed E-state index contributed by atoms with van der Waals surface area (Å²) < 4.78 is 20.2. The van der Waals surface area contributed by atoms with E-state index in [9.17, 15) is 24.1 Å². The third-order valence-corrected chi connectivity index (χ3v) is 5.42. The van der Waals surface area contributed by atoms with Crippen LogP contribution in [-0.4, -0.2) is 44.4 Å². The van der Waals surface area contributed by atoms with Crippen LogP contribution in [0.2, 0.25) is 0 Å². The van der Waals surface area contributed by atoms with Crippen molar-refractivity contribution in [3.63, 3.8) is 0 Å². The molecule has 0 aliphatic carbocycles. The number of benzene rings is 2. The molecule has 0 unspecified atom stereocenters. The second kappa shape index (κ2) is 10.5. The molecular formula is C20H19FN6O5S. The first-order chi connectivity index (χ1) is 15.8. The first-order valence-corrected chi connectivity index (χ1v) is 10.4. The van der Waals surface area contributed by atoms with Crippen molar-refractivity contribution in [3.8, 4) is 5.75 Å². The molecule has 2 N–H and O–H groups in total. The maximum atomic E-state index is 13.7. The lowest BCUT2D eigenvalue weighted by Crippen LogP contribution is -2.18. The number of nitro groups is 1. The number of nitrogens with zero attached hydrogens (tertiary/aromatic N) is 4. The van der Waals surface area contributed by atoms with Crippen LogP contribution in [0.15, 0.2) is 47.6 Å². The zero-order valence-corrected chi connectivity index (χ0v) is 18.4. The van der Waals surface area contributed by atoms with Crippen LogP contribution in [0.1, 0.15) is 5.82 Å². The van der Waals surface area contributed by atoms with Crippen LogP contribution in [0.4, 0.5) is 21.5 Å². The van der Waals surface area contributed by atoms with Crippen LogP contribution in [0.3, 0.4) is 0 Å². The summed E-state index contributed by atoms with van der Waals surface area (Å²) in [6.45, 7) is 0. The van der Waals surface area contributed by atoms with E-state index in [-0.39, 0.29) is 29.2 Å². The minimum absolute atomic E-state index is 0.0369. The molecule has 2 aromatic carbocycles. The molecule has 0 saturated carbocycles. The summed E-state index contributed by atoms with van der Waals surface area (Å²) in [5.41, 5.74) is -0.201. The van der Waals surface area contributed by atoms with Crippen molar-refractivity contribution < 1.29 is 23.6 Å². The van der Waals surface area contributed by atoms with E-state index < -0.39 is 22.6 Å². The van der Waals surface area contributed by atoms with Crippen molar-refractivity contribution in [2.75, 3.05) is 23.5 Å². The standard InChI is InChI=1S/C20H19FN6O5S/c1-26-17(10-18(28)22-14-6-4-3-5-13(14)21)24-25-20(26)33-11-19(29)23-15-8-7-12(32-2)9-16(15)27(30)31/h3-9H,10-11H2,1-2H3,(H,22,28)(H,23,29). The Morgan fingerprint density at radius 2 is 1.88 bits per heavy atom. The summed E-state index contributed by atoms with van der Waals surface area (Å²) in [4.78, 5) is 35.1. The van der Waals surface area contributed by atoms with E-state index in [0.29, 0.717) is 16.7 Å². The van der Waals surface area contributed by atoms with Crippen molar-refractivity contribution in [2.45, 2.75) is 11.6 Å². The van der Waals surface area contributed by atoms with Crippen molar-refractivity contribution in [2.24, 2.45) is 7.05 Å². The number of nitro benzene ring substituents is 1. The highest BCUT2D eigenvalue weighted by atomic mass is 32.2. The number of aromatic nitrogens is 3. The number of ether oxygens (including phenoxy) is 1. The Hall–Kier alpha value is -4.00. The third kappa shape index (κ3) is 6.04. The molecule has 3 aromatic rings. The summed E-state index contributed by atoms with van der Waals surface area (Å²) in [5, 5.41) is 24.5. The zero-order chi connectivity index (χ0) is 24.0. The predicted molar refractivity (Wildman–Crippen MR) is 119 cm³/mol. The van der Waals surface area contributed by atoms with Gasteiger partial charge in [0, 0.05) is 7.05 Å². The number of para-hydroxylation sites is 1. The van der Waals surface area contributed by atoms with Gasteiger partial charge in [0.1, 0.15) is 23.1 Å². The quantitative estimate of drug-likeness (QED) is 0.274. The maximum Gasteiger partial charge on any atom is 0.296 e. The number of thioether (sulfide) groups is 1. The zero-order valence-electron chi connectivity index (χ0n) is 17.6. The molecule has 1 aromatic heterocycles. The maximum absolute atomic E-state index is 13.7. The van der Waals surface area contributed by atoms with Crippen LogP contribution in [-0.2, 0) is 23.1 Å². The number of halogens is 1. The van der Waals surface area contributed by atoms with Gasteiger partial charge in [0.25, 0.3) is 5.69 Å². The fourth-order valence-electron chi connectivity index (χ4n) is 2.74. The highest BCUT2D eigenvalue weighted by molar-refractivity contribution is 7.99. The number of rotatable bonds is 9. The van der Waals surface area contributed by atoms with Crippen LogP contribution in [0, 0.1) is 15.9 Å². The second-order valence-electron chi connectivity index (χ2n) is 6.64. The number of carbonyl (C=O) groups excluding carboxylic acids is 2. The number of hydrogen-bond donors (Lipinski definition) is 2. The first kappa shape index (κ1) is 23.7. The van der Waals surface area contributed by atoms with Gasteiger partial charge in [0.05, 0.1) is 36.0 Å². The summed E-state index contributed by atoms with van der Waals surface area (Å²) in [7, 11) is 3.01. The van der Waals surface area contributed by atoms with E-state index in [4.69, 9.17) is 4.74 Å². The highest BCUT2D eigenvalue weighted by Crippen LogP contribution is 2.29.